The van der Waals surface area contributed by atoms with Crippen LogP contribution >= 0.6 is 15.9 Å². The lowest BCUT2D eigenvalue weighted by Gasteiger charge is -2.39. The third-order valence-electron chi connectivity index (χ3n) is 6.84. The van der Waals surface area contributed by atoms with Gasteiger partial charge in [0.15, 0.2) is 0 Å². The first-order valence-electron chi connectivity index (χ1n) is 12.2. The Bertz CT molecular complexity index is 1480. The molecule has 8 heteroatoms. The van der Waals surface area contributed by atoms with Crippen LogP contribution in [0.3, 0.4) is 0 Å². The Morgan fingerprint density at radius 3 is 2.35 bits per heavy atom. The van der Waals surface area contributed by atoms with Gasteiger partial charge in [-0.05, 0) is 82.9 Å². The van der Waals surface area contributed by atoms with E-state index >= 15 is 0 Å². The molecular weight excluding hydrogens is 535 g/mol. The van der Waals surface area contributed by atoms with E-state index in [1.165, 1.54) is 12.1 Å². The van der Waals surface area contributed by atoms with Crippen LogP contribution < -0.4 is 10.2 Å². The average molecular weight is 559 g/mol. The molecule has 6 nitrogen and oxygen atoms in total. The van der Waals surface area contributed by atoms with Crippen LogP contribution in [0, 0.1) is 5.82 Å². The number of hydrogen-bond donors (Lipinski definition) is 1. The van der Waals surface area contributed by atoms with Gasteiger partial charge in [0.1, 0.15) is 18.4 Å². The molecule has 2 heterocycles. The second kappa shape index (κ2) is 9.52. The van der Waals surface area contributed by atoms with E-state index in [9.17, 15) is 14.0 Å². The first-order chi connectivity index (χ1) is 18.0. The minimum atomic E-state index is -0.467. The van der Waals surface area contributed by atoms with E-state index in [0.29, 0.717) is 5.69 Å². The van der Waals surface area contributed by atoms with Crippen molar-refractivity contribution in [3.05, 3.63) is 113 Å². The highest BCUT2D eigenvalue weighted by Crippen LogP contribution is 2.42. The van der Waals surface area contributed by atoms with E-state index in [0.717, 1.165) is 39.9 Å². The van der Waals surface area contributed by atoms with Crippen molar-refractivity contribution in [2.75, 3.05) is 16.8 Å². The van der Waals surface area contributed by atoms with Crippen molar-refractivity contribution in [3.63, 3.8) is 0 Å². The lowest BCUT2D eigenvalue weighted by Crippen LogP contribution is -2.48. The molecule has 0 spiro atoms. The Kier molecular flexibility index (Phi) is 6.04. The lowest BCUT2D eigenvalue weighted by molar-refractivity contribution is -0.119. The van der Waals surface area contributed by atoms with Gasteiger partial charge in [-0.15, -0.1) is 0 Å². The zero-order valence-electron chi connectivity index (χ0n) is 19.9. The second-order valence-electron chi connectivity index (χ2n) is 9.28. The van der Waals surface area contributed by atoms with Gasteiger partial charge in [0, 0.05) is 16.7 Å². The summed E-state index contributed by atoms with van der Waals surface area (Å²) in [7, 11) is 0. The summed E-state index contributed by atoms with van der Waals surface area (Å²) in [5.41, 5.74) is 3.96. The molecule has 1 fully saturated rings. The third kappa shape index (κ3) is 4.42. The predicted octanol–water partition coefficient (Wildman–Crippen LogP) is 6.51. The normalized spacial score (nSPS) is 16.1. The maximum absolute atomic E-state index is 14.1. The van der Waals surface area contributed by atoms with Crippen LogP contribution in [0.15, 0.2) is 95.6 Å². The number of rotatable bonds is 5. The van der Waals surface area contributed by atoms with Crippen LogP contribution in [-0.4, -0.2) is 34.0 Å². The van der Waals surface area contributed by atoms with Crippen molar-refractivity contribution < 1.29 is 14.0 Å². The Morgan fingerprint density at radius 1 is 0.919 bits per heavy atom. The molecule has 186 valence electrons. The minimum absolute atomic E-state index is 0.0135. The maximum Gasteiger partial charge on any atom is 0.322 e. The first-order valence-corrected chi connectivity index (χ1v) is 13.0. The predicted molar refractivity (Wildman–Crippen MR) is 144 cm³/mol. The van der Waals surface area contributed by atoms with Gasteiger partial charge in [0.2, 0.25) is 5.91 Å². The summed E-state index contributed by atoms with van der Waals surface area (Å²) in [4.78, 5) is 30.8. The van der Waals surface area contributed by atoms with E-state index < -0.39 is 6.04 Å². The highest BCUT2D eigenvalue weighted by Gasteiger charge is 2.40. The number of para-hydroxylation sites is 3. The fourth-order valence-electron chi connectivity index (χ4n) is 4.95. The number of amides is 3. The van der Waals surface area contributed by atoms with Gasteiger partial charge in [0.25, 0.3) is 0 Å². The number of hydrogen-bond acceptors (Lipinski definition) is 2. The monoisotopic (exact) mass is 558 g/mol. The topological polar surface area (TPSA) is 57.6 Å². The summed E-state index contributed by atoms with van der Waals surface area (Å²) in [5, 5.41) is 2.94. The molecule has 3 aromatic carbocycles. The summed E-state index contributed by atoms with van der Waals surface area (Å²) < 4.78 is 16.6. The average Bonchev–Trinajstić information content (AvgIpc) is 3.63. The van der Waals surface area contributed by atoms with Gasteiger partial charge in [-0.25, -0.2) is 9.18 Å². The summed E-state index contributed by atoms with van der Waals surface area (Å²) in [6, 6.07) is 24.5. The number of nitrogens with one attached hydrogen (secondary N) is 1. The number of carbonyl (C=O) groups is 2. The number of benzene rings is 3. The molecule has 6 rings (SSSR count). The quantitative estimate of drug-likeness (QED) is 0.303. The van der Waals surface area contributed by atoms with Crippen molar-refractivity contribution in [2.45, 2.75) is 24.9 Å². The van der Waals surface area contributed by atoms with E-state index in [4.69, 9.17) is 0 Å². The first kappa shape index (κ1) is 23.5. The van der Waals surface area contributed by atoms with Crippen LogP contribution in [0.5, 0.6) is 0 Å². The maximum atomic E-state index is 14.1. The van der Waals surface area contributed by atoms with Crippen LogP contribution in [-0.2, 0) is 4.79 Å². The summed E-state index contributed by atoms with van der Waals surface area (Å²) in [6.45, 7) is -0.0757. The Labute approximate surface area is 222 Å². The Morgan fingerprint density at radius 2 is 1.62 bits per heavy atom. The number of aromatic nitrogens is 1. The molecule has 37 heavy (non-hydrogen) atoms. The van der Waals surface area contributed by atoms with Crippen molar-refractivity contribution in [3.8, 4) is 5.69 Å². The lowest BCUT2D eigenvalue weighted by atomic mass is 9.97. The van der Waals surface area contributed by atoms with E-state index in [2.05, 4.69) is 25.8 Å². The second-order valence-corrected chi connectivity index (χ2v) is 10.1. The van der Waals surface area contributed by atoms with Crippen molar-refractivity contribution in [1.29, 1.82) is 0 Å². The van der Waals surface area contributed by atoms with Crippen LogP contribution in [0.25, 0.3) is 5.69 Å². The Balaban J connectivity index is 1.36. The summed E-state index contributed by atoms with van der Waals surface area (Å²) >= 11 is 3.47. The molecule has 1 atom stereocenters. The van der Waals surface area contributed by atoms with Crippen LogP contribution in [0.4, 0.5) is 20.6 Å². The number of carbonyl (C=O) groups excluding carboxylic acids is 2. The van der Waals surface area contributed by atoms with E-state index in [-0.39, 0.29) is 30.3 Å². The van der Waals surface area contributed by atoms with Gasteiger partial charge in [-0.2, -0.15) is 0 Å². The molecule has 1 aliphatic carbocycles. The minimum Gasteiger partial charge on any atom is -0.316 e. The zero-order chi connectivity index (χ0) is 25.5. The number of fused-ring (bicyclic) bond motifs is 3. The van der Waals surface area contributed by atoms with Crippen LogP contribution in [0.2, 0.25) is 0 Å². The van der Waals surface area contributed by atoms with E-state index in [1.807, 2.05) is 66.9 Å². The van der Waals surface area contributed by atoms with E-state index in [1.54, 1.807) is 21.9 Å². The number of halogens is 2. The number of urea groups is 1. The van der Waals surface area contributed by atoms with Gasteiger partial charge in [0.05, 0.1) is 22.8 Å². The van der Waals surface area contributed by atoms with Crippen LogP contribution in [0.1, 0.15) is 30.1 Å². The number of nitrogens with zero attached hydrogens (tertiary/aromatic N) is 3. The summed E-state index contributed by atoms with van der Waals surface area (Å²) in [5.74, 6) is -0.541. The molecule has 3 amide bonds. The fraction of sp³-hybridized carbons (Fsp3) is 0.172. The largest absolute Gasteiger partial charge is 0.322 e. The summed E-state index contributed by atoms with van der Waals surface area (Å²) in [6.07, 6.45) is 3.68. The standard InChI is InChI=1S/C29H24BrFN4O2/c30-22-6-1-2-7-23(22)32-29(37)34(21-15-16-21)18-27(36)35-25-9-4-3-8-24(25)33-17-5-10-26(33)28(35)19-11-13-20(31)14-12-19/h1-14,17,21,28H,15-16,18H2,(H,32,37). The molecule has 2 aliphatic rings. The highest BCUT2D eigenvalue weighted by atomic mass is 79.9. The molecular formula is C29H24BrFN4O2. The molecule has 0 bridgehead atoms. The fourth-order valence-corrected chi connectivity index (χ4v) is 5.33. The van der Waals surface area contributed by atoms with Gasteiger partial charge in [-0.1, -0.05) is 36.4 Å². The van der Waals surface area contributed by atoms with Crippen molar-refractivity contribution in [2.24, 2.45) is 0 Å². The molecule has 1 N–H and O–H groups in total. The van der Waals surface area contributed by atoms with Gasteiger partial charge in [-0.3, -0.25) is 9.69 Å². The number of anilines is 2. The third-order valence-corrected chi connectivity index (χ3v) is 7.53. The van der Waals surface area contributed by atoms with Crippen molar-refractivity contribution >= 4 is 39.2 Å². The molecule has 0 saturated heterocycles. The van der Waals surface area contributed by atoms with Crippen molar-refractivity contribution in [1.82, 2.24) is 9.47 Å². The molecule has 4 aromatic rings. The highest BCUT2D eigenvalue weighted by molar-refractivity contribution is 9.10. The molecule has 1 aliphatic heterocycles. The SMILES string of the molecule is O=C(Nc1ccccc1Br)N(CC(=O)N1c2ccccc2-n2cccc2C1c1ccc(F)cc1)C1CC1. The zero-order valence-corrected chi connectivity index (χ0v) is 21.4. The smallest absolute Gasteiger partial charge is 0.316 e. The molecule has 1 aromatic heterocycles. The Hall–Kier alpha value is -3.91. The van der Waals surface area contributed by atoms with Gasteiger partial charge < -0.3 is 14.8 Å². The van der Waals surface area contributed by atoms with Gasteiger partial charge >= 0.3 is 6.03 Å². The molecule has 1 saturated carbocycles. The molecule has 1 unspecified atom stereocenters. The molecule has 0 radical (unpaired) electrons.